The normalized spacial score (nSPS) is 25.9. The van der Waals surface area contributed by atoms with Crippen LogP contribution in [0.1, 0.15) is 11.7 Å². The monoisotopic (exact) mass is 207 g/mol. The maximum Gasteiger partial charge on any atom is 0.207 e. The lowest BCUT2D eigenvalue weighted by Gasteiger charge is -2.31. The molecule has 0 spiro atoms. The molecule has 0 radical (unpaired) electrons. The second-order valence-electron chi connectivity index (χ2n) is 3.38. The molecule has 1 amide bonds. The Balaban J connectivity index is 2.14. The number of hydrogen-bond donors (Lipinski definition) is 1. The number of amides is 1. The molecule has 0 unspecified atom stereocenters. The van der Waals surface area contributed by atoms with Crippen molar-refractivity contribution in [3.63, 3.8) is 0 Å². The molecule has 1 aliphatic heterocycles. The summed E-state index contributed by atoms with van der Waals surface area (Å²) in [6, 6.07) is 9.70. The van der Waals surface area contributed by atoms with Gasteiger partial charge in [0.1, 0.15) is 12.9 Å². The summed E-state index contributed by atoms with van der Waals surface area (Å²) in [5, 5.41) is 2.70. The van der Waals surface area contributed by atoms with Crippen molar-refractivity contribution in [2.45, 2.75) is 12.1 Å². The number of ether oxygens (including phenoxy) is 2. The summed E-state index contributed by atoms with van der Waals surface area (Å²) < 4.78 is 10.6. The van der Waals surface area contributed by atoms with E-state index in [4.69, 9.17) is 9.47 Å². The predicted octanol–water partition coefficient (Wildman–Crippen LogP) is 0.847. The van der Waals surface area contributed by atoms with Gasteiger partial charge in [-0.2, -0.15) is 0 Å². The van der Waals surface area contributed by atoms with E-state index in [1.165, 1.54) is 0 Å². The molecule has 1 aliphatic rings. The Bertz CT molecular complexity index is 315. The van der Waals surface area contributed by atoms with Crippen molar-refractivity contribution in [1.82, 2.24) is 5.32 Å². The van der Waals surface area contributed by atoms with Gasteiger partial charge in [0, 0.05) is 0 Å². The molecule has 80 valence electrons. The van der Waals surface area contributed by atoms with Gasteiger partial charge in [-0.15, -0.1) is 0 Å². The van der Waals surface area contributed by atoms with Crippen molar-refractivity contribution < 1.29 is 14.3 Å². The van der Waals surface area contributed by atoms with Gasteiger partial charge in [-0.1, -0.05) is 30.3 Å². The van der Waals surface area contributed by atoms with Gasteiger partial charge in [0.15, 0.2) is 0 Å². The standard InChI is InChI=1S/C11H13NO3/c13-7-12-10-6-14-8-15-11(10)9-4-2-1-3-5-9/h1-5,7,10-11H,6,8H2,(H,12,13)/t10-,11-/m1/s1. The van der Waals surface area contributed by atoms with Gasteiger partial charge in [0.25, 0.3) is 0 Å². The summed E-state index contributed by atoms with van der Waals surface area (Å²) in [6.45, 7) is 0.759. The Morgan fingerprint density at radius 1 is 1.33 bits per heavy atom. The number of carbonyl (C=O) groups excluding carboxylic acids is 1. The van der Waals surface area contributed by atoms with Crippen LogP contribution in [-0.2, 0) is 14.3 Å². The maximum atomic E-state index is 10.4. The summed E-state index contributed by atoms with van der Waals surface area (Å²) in [5.41, 5.74) is 1.06. The molecule has 2 rings (SSSR count). The topological polar surface area (TPSA) is 47.6 Å². The van der Waals surface area contributed by atoms with Crippen molar-refractivity contribution >= 4 is 6.41 Å². The van der Waals surface area contributed by atoms with Gasteiger partial charge in [-0.3, -0.25) is 4.79 Å². The molecular formula is C11H13NO3. The van der Waals surface area contributed by atoms with Crippen LogP contribution in [0.15, 0.2) is 30.3 Å². The Kier molecular flexibility index (Phi) is 3.32. The van der Waals surface area contributed by atoms with Gasteiger partial charge >= 0.3 is 0 Å². The van der Waals surface area contributed by atoms with Gasteiger partial charge in [0.05, 0.1) is 12.6 Å². The molecule has 4 heteroatoms. The molecule has 0 saturated carbocycles. The van der Waals surface area contributed by atoms with E-state index in [9.17, 15) is 4.79 Å². The Labute approximate surface area is 88.2 Å². The second kappa shape index (κ2) is 4.91. The minimum absolute atomic E-state index is 0.112. The highest BCUT2D eigenvalue weighted by molar-refractivity contribution is 5.47. The van der Waals surface area contributed by atoms with E-state index in [0.717, 1.165) is 5.56 Å². The number of benzene rings is 1. The average Bonchev–Trinajstić information content (AvgIpc) is 2.31. The first-order valence-corrected chi connectivity index (χ1v) is 4.86. The zero-order valence-corrected chi connectivity index (χ0v) is 8.26. The number of carbonyl (C=O) groups is 1. The van der Waals surface area contributed by atoms with Crippen molar-refractivity contribution in [2.75, 3.05) is 13.4 Å². The summed E-state index contributed by atoms with van der Waals surface area (Å²) in [6.07, 6.45) is 0.559. The fraction of sp³-hybridized carbons (Fsp3) is 0.364. The highest BCUT2D eigenvalue weighted by Gasteiger charge is 2.27. The minimum Gasteiger partial charge on any atom is -0.353 e. The van der Waals surface area contributed by atoms with Crippen LogP contribution in [0.5, 0.6) is 0 Å². The van der Waals surface area contributed by atoms with Crippen molar-refractivity contribution in [3.05, 3.63) is 35.9 Å². The predicted molar refractivity (Wildman–Crippen MR) is 54.1 cm³/mol. The van der Waals surface area contributed by atoms with Crippen LogP contribution in [0.2, 0.25) is 0 Å². The van der Waals surface area contributed by atoms with E-state index in [1.807, 2.05) is 30.3 Å². The molecule has 0 bridgehead atoms. The van der Waals surface area contributed by atoms with Crippen molar-refractivity contribution in [2.24, 2.45) is 0 Å². The van der Waals surface area contributed by atoms with Gasteiger partial charge in [0.2, 0.25) is 6.41 Å². The molecule has 1 aromatic rings. The van der Waals surface area contributed by atoms with Crippen molar-refractivity contribution in [3.8, 4) is 0 Å². The molecule has 2 atom stereocenters. The van der Waals surface area contributed by atoms with Crippen molar-refractivity contribution in [1.29, 1.82) is 0 Å². The summed E-state index contributed by atoms with van der Waals surface area (Å²) in [4.78, 5) is 10.4. The van der Waals surface area contributed by atoms with Crippen LogP contribution in [0.3, 0.4) is 0 Å². The molecule has 15 heavy (non-hydrogen) atoms. The summed E-state index contributed by atoms with van der Waals surface area (Å²) in [7, 11) is 0. The SMILES string of the molecule is O=CN[C@@H]1COCO[C@@H]1c1ccccc1. The van der Waals surface area contributed by atoms with Crippen LogP contribution < -0.4 is 5.32 Å². The highest BCUT2D eigenvalue weighted by Crippen LogP contribution is 2.24. The highest BCUT2D eigenvalue weighted by atomic mass is 16.7. The molecular weight excluding hydrogens is 194 g/mol. The lowest BCUT2D eigenvalue weighted by molar-refractivity contribution is -0.159. The molecule has 4 nitrogen and oxygen atoms in total. The van der Waals surface area contributed by atoms with Crippen LogP contribution >= 0.6 is 0 Å². The molecule has 0 aromatic heterocycles. The zero-order chi connectivity index (χ0) is 10.5. The van der Waals surface area contributed by atoms with E-state index in [1.54, 1.807) is 0 Å². The quantitative estimate of drug-likeness (QED) is 0.747. The largest absolute Gasteiger partial charge is 0.353 e. The smallest absolute Gasteiger partial charge is 0.207 e. The van der Waals surface area contributed by atoms with Crippen LogP contribution in [0, 0.1) is 0 Å². The molecule has 1 aromatic carbocycles. The Morgan fingerprint density at radius 2 is 2.13 bits per heavy atom. The minimum atomic E-state index is -0.120. The molecule has 1 N–H and O–H groups in total. The van der Waals surface area contributed by atoms with Crippen LogP contribution in [-0.4, -0.2) is 25.9 Å². The van der Waals surface area contributed by atoms with E-state index in [2.05, 4.69) is 5.32 Å². The molecule has 1 heterocycles. The third-order valence-electron chi connectivity index (χ3n) is 2.40. The van der Waals surface area contributed by atoms with Gasteiger partial charge in [-0.05, 0) is 5.56 Å². The lowest BCUT2D eigenvalue weighted by atomic mass is 10.0. The second-order valence-corrected chi connectivity index (χ2v) is 3.38. The van der Waals surface area contributed by atoms with Gasteiger partial charge < -0.3 is 14.8 Å². The summed E-state index contributed by atoms with van der Waals surface area (Å²) in [5.74, 6) is 0. The van der Waals surface area contributed by atoms with E-state index in [-0.39, 0.29) is 18.9 Å². The third kappa shape index (κ3) is 2.34. The number of hydrogen-bond acceptors (Lipinski definition) is 3. The lowest BCUT2D eigenvalue weighted by Crippen LogP contribution is -2.43. The first-order chi connectivity index (χ1) is 7.42. The molecule has 1 fully saturated rings. The van der Waals surface area contributed by atoms with Crippen LogP contribution in [0.4, 0.5) is 0 Å². The fourth-order valence-corrected chi connectivity index (χ4v) is 1.69. The van der Waals surface area contributed by atoms with Crippen LogP contribution in [0.25, 0.3) is 0 Å². The fourth-order valence-electron chi connectivity index (χ4n) is 1.69. The number of rotatable bonds is 3. The van der Waals surface area contributed by atoms with E-state index >= 15 is 0 Å². The van der Waals surface area contributed by atoms with Gasteiger partial charge in [-0.25, -0.2) is 0 Å². The first kappa shape index (κ1) is 10.1. The average molecular weight is 207 g/mol. The first-order valence-electron chi connectivity index (χ1n) is 4.86. The molecule has 0 aliphatic carbocycles. The zero-order valence-electron chi connectivity index (χ0n) is 8.26. The van der Waals surface area contributed by atoms with E-state index < -0.39 is 0 Å². The third-order valence-corrected chi connectivity index (χ3v) is 2.40. The Hall–Kier alpha value is -1.39. The number of nitrogens with one attached hydrogen (secondary N) is 1. The Morgan fingerprint density at radius 3 is 2.87 bits per heavy atom. The van der Waals surface area contributed by atoms with E-state index in [0.29, 0.717) is 13.0 Å². The molecule has 1 saturated heterocycles. The maximum absolute atomic E-state index is 10.4. The summed E-state index contributed by atoms with van der Waals surface area (Å²) >= 11 is 0.